The Labute approximate surface area is 105 Å². The van der Waals surface area contributed by atoms with Gasteiger partial charge in [-0.25, -0.2) is 0 Å². The summed E-state index contributed by atoms with van der Waals surface area (Å²) in [5.41, 5.74) is 0. The van der Waals surface area contributed by atoms with E-state index in [2.05, 4.69) is 22.9 Å². The summed E-state index contributed by atoms with van der Waals surface area (Å²) in [5.74, 6) is 0.0891. The number of carbonyl (C=O) groups is 1. The Morgan fingerprint density at radius 1 is 1.35 bits per heavy atom. The minimum atomic E-state index is -0.117. The molecule has 1 rings (SSSR count). The Morgan fingerprint density at radius 3 is 2.59 bits per heavy atom. The fourth-order valence-corrected chi connectivity index (χ4v) is 2.36. The molecule has 1 amide bonds. The standard InChI is InChI=1S/C13H27N3O/c1-9(2)15-13(17)11(4)16-10(3)8-12-6-5-7-14-12/h9-12,14,16H,5-8H2,1-4H3,(H,15,17). The van der Waals surface area contributed by atoms with Crippen molar-refractivity contribution in [3.05, 3.63) is 0 Å². The van der Waals surface area contributed by atoms with Crippen LogP contribution in [0.25, 0.3) is 0 Å². The fourth-order valence-electron chi connectivity index (χ4n) is 2.36. The second-order valence-corrected chi connectivity index (χ2v) is 5.48. The highest BCUT2D eigenvalue weighted by Crippen LogP contribution is 2.11. The van der Waals surface area contributed by atoms with Gasteiger partial charge in [0.2, 0.25) is 5.91 Å². The second kappa shape index (κ2) is 6.97. The number of carbonyl (C=O) groups excluding carboxylic acids is 1. The highest BCUT2D eigenvalue weighted by atomic mass is 16.2. The van der Waals surface area contributed by atoms with Crippen molar-refractivity contribution in [1.82, 2.24) is 16.0 Å². The van der Waals surface area contributed by atoms with Gasteiger partial charge in [0.05, 0.1) is 6.04 Å². The smallest absolute Gasteiger partial charge is 0.237 e. The summed E-state index contributed by atoms with van der Waals surface area (Å²) in [5, 5.41) is 9.77. The molecular formula is C13H27N3O. The molecule has 17 heavy (non-hydrogen) atoms. The second-order valence-electron chi connectivity index (χ2n) is 5.48. The predicted octanol–water partition coefficient (Wildman–Crippen LogP) is 1.02. The van der Waals surface area contributed by atoms with Crippen LogP contribution in [0.5, 0.6) is 0 Å². The van der Waals surface area contributed by atoms with E-state index in [0.717, 1.165) is 13.0 Å². The molecule has 1 heterocycles. The van der Waals surface area contributed by atoms with Crippen LogP contribution < -0.4 is 16.0 Å². The van der Waals surface area contributed by atoms with Crippen LogP contribution in [-0.4, -0.2) is 36.6 Å². The molecule has 1 aliphatic rings. The van der Waals surface area contributed by atoms with E-state index < -0.39 is 0 Å². The van der Waals surface area contributed by atoms with Crippen LogP contribution in [0.2, 0.25) is 0 Å². The molecule has 4 heteroatoms. The van der Waals surface area contributed by atoms with Crippen molar-refractivity contribution in [1.29, 1.82) is 0 Å². The molecule has 0 aromatic heterocycles. The summed E-state index contributed by atoms with van der Waals surface area (Å²) in [6, 6.07) is 1.09. The summed E-state index contributed by atoms with van der Waals surface area (Å²) in [7, 11) is 0. The molecule has 0 spiro atoms. The summed E-state index contributed by atoms with van der Waals surface area (Å²) in [6.07, 6.45) is 3.64. The molecule has 3 N–H and O–H groups in total. The average molecular weight is 241 g/mol. The average Bonchev–Trinajstić information content (AvgIpc) is 2.68. The molecular weight excluding hydrogens is 214 g/mol. The van der Waals surface area contributed by atoms with Gasteiger partial charge < -0.3 is 16.0 Å². The van der Waals surface area contributed by atoms with Gasteiger partial charge in [-0.1, -0.05) is 0 Å². The van der Waals surface area contributed by atoms with Gasteiger partial charge in [0.1, 0.15) is 0 Å². The van der Waals surface area contributed by atoms with Crippen LogP contribution in [0.1, 0.15) is 47.0 Å². The van der Waals surface area contributed by atoms with E-state index in [4.69, 9.17) is 0 Å². The molecule has 1 aliphatic heterocycles. The minimum absolute atomic E-state index is 0.0891. The Morgan fingerprint density at radius 2 is 2.06 bits per heavy atom. The molecule has 0 bridgehead atoms. The first-order valence-corrected chi connectivity index (χ1v) is 6.79. The molecule has 0 aliphatic carbocycles. The molecule has 3 atom stereocenters. The third kappa shape index (κ3) is 5.50. The van der Waals surface area contributed by atoms with Crippen molar-refractivity contribution in [2.24, 2.45) is 0 Å². The molecule has 100 valence electrons. The monoisotopic (exact) mass is 241 g/mol. The lowest BCUT2D eigenvalue weighted by Gasteiger charge is -2.23. The largest absolute Gasteiger partial charge is 0.353 e. The summed E-state index contributed by atoms with van der Waals surface area (Å²) in [4.78, 5) is 11.7. The molecule has 1 saturated heterocycles. The molecule has 1 fully saturated rings. The maximum absolute atomic E-state index is 11.7. The van der Waals surface area contributed by atoms with Crippen molar-refractivity contribution in [2.75, 3.05) is 6.54 Å². The van der Waals surface area contributed by atoms with Crippen LogP contribution in [0.4, 0.5) is 0 Å². The fraction of sp³-hybridized carbons (Fsp3) is 0.923. The first-order valence-electron chi connectivity index (χ1n) is 6.79. The van der Waals surface area contributed by atoms with Crippen LogP contribution in [0.15, 0.2) is 0 Å². The van der Waals surface area contributed by atoms with Crippen molar-refractivity contribution in [2.45, 2.75) is 71.1 Å². The lowest BCUT2D eigenvalue weighted by atomic mass is 10.1. The highest BCUT2D eigenvalue weighted by molar-refractivity contribution is 5.81. The lowest BCUT2D eigenvalue weighted by molar-refractivity contribution is -0.123. The number of amides is 1. The lowest BCUT2D eigenvalue weighted by Crippen LogP contribution is -2.48. The first kappa shape index (κ1) is 14.5. The van der Waals surface area contributed by atoms with Crippen LogP contribution in [0, 0.1) is 0 Å². The van der Waals surface area contributed by atoms with Gasteiger partial charge in [-0.2, -0.15) is 0 Å². The predicted molar refractivity (Wildman–Crippen MR) is 71.0 cm³/mol. The van der Waals surface area contributed by atoms with E-state index in [9.17, 15) is 4.79 Å². The maximum atomic E-state index is 11.7. The Bertz CT molecular complexity index is 237. The molecule has 0 saturated carbocycles. The summed E-state index contributed by atoms with van der Waals surface area (Å²) >= 11 is 0. The highest BCUT2D eigenvalue weighted by Gasteiger charge is 2.20. The molecule has 0 radical (unpaired) electrons. The zero-order valence-electron chi connectivity index (χ0n) is 11.5. The van der Waals surface area contributed by atoms with E-state index in [-0.39, 0.29) is 18.0 Å². The van der Waals surface area contributed by atoms with Gasteiger partial charge in [0.25, 0.3) is 0 Å². The first-order chi connectivity index (χ1) is 7.99. The summed E-state index contributed by atoms with van der Waals surface area (Å²) in [6.45, 7) is 9.18. The third-order valence-electron chi connectivity index (χ3n) is 3.16. The van der Waals surface area contributed by atoms with Gasteiger partial charge in [0, 0.05) is 18.1 Å². The van der Waals surface area contributed by atoms with E-state index in [1.807, 2.05) is 20.8 Å². The molecule has 0 aromatic carbocycles. The van der Waals surface area contributed by atoms with Gasteiger partial charge in [-0.3, -0.25) is 4.79 Å². The number of hydrogen-bond acceptors (Lipinski definition) is 3. The van der Waals surface area contributed by atoms with E-state index in [0.29, 0.717) is 12.1 Å². The molecule has 4 nitrogen and oxygen atoms in total. The zero-order valence-corrected chi connectivity index (χ0v) is 11.5. The number of rotatable bonds is 6. The normalized spacial score (nSPS) is 23.7. The van der Waals surface area contributed by atoms with Crippen LogP contribution in [0.3, 0.4) is 0 Å². The quantitative estimate of drug-likeness (QED) is 0.651. The molecule has 0 aromatic rings. The maximum Gasteiger partial charge on any atom is 0.237 e. The minimum Gasteiger partial charge on any atom is -0.353 e. The van der Waals surface area contributed by atoms with Crippen molar-refractivity contribution < 1.29 is 4.79 Å². The summed E-state index contributed by atoms with van der Waals surface area (Å²) < 4.78 is 0. The van der Waals surface area contributed by atoms with E-state index in [1.165, 1.54) is 12.8 Å². The molecule has 3 unspecified atom stereocenters. The SMILES string of the molecule is CC(C)NC(=O)C(C)NC(C)CC1CCCN1. The topological polar surface area (TPSA) is 53.2 Å². The Balaban J connectivity index is 2.24. The Kier molecular flexibility index (Phi) is 5.92. The van der Waals surface area contributed by atoms with Crippen molar-refractivity contribution in [3.8, 4) is 0 Å². The van der Waals surface area contributed by atoms with Crippen molar-refractivity contribution >= 4 is 5.91 Å². The van der Waals surface area contributed by atoms with Crippen LogP contribution >= 0.6 is 0 Å². The Hall–Kier alpha value is -0.610. The van der Waals surface area contributed by atoms with Gasteiger partial charge in [-0.15, -0.1) is 0 Å². The third-order valence-corrected chi connectivity index (χ3v) is 3.16. The van der Waals surface area contributed by atoms with Crippen LogP contribution in [-0.2, 0) is 4.79 Å². The zero-order chi connectivity index (χ0) is 12.8. The van der Waals surface area contributed by atoms with Gasteiger partial charge in [-0.05, 0) is 53.5 Å². The van der Waals surface area contributed by atoms with E-state index in [1.54, 1.807) is 0 Å². The number of nitrogens with one attached hydrogen (secondary N) is 3. The van der Waals surface area contributed by atoms with Crippen molar-refractivity contribution in [3.63, 3.8) is 0 Å². The van der Waals surface area contributed by atoms with Gasteiger partial charge >= 0.3 is 0 Å². The van der Waals surface area contributed by atoms with Gasteiger partial charge in [0.15, 0.2) is 0 Å². The van der Waals surface area contributed by atoms with E-state index >= 15 is 0 Å². The number of hydrogen-bond donors (Lipinski definition) is 3.